The third-order valence-corrected chi connectivity index (χ3v) is 9.83. The van der Waals surface area contributed by atoms with Crippen LogP contribution in [-0.2, 0) is 31.9 Å². The molecule has 0 heterocycles. The normalized spacial score (nSPS) is 15.3. The van der Waals surface area contributed by atoms with Gasteiger partial charge in [-0.1, -0.05) is 66.2 Å². The molecule has 0 spiro atoms. The van der Waals surface area contributed by atoms with E-state index in [2.05, 4.69) is 79.7 Å². The van der Waals surface area contributed by atoms with E-state index < -0.39 is 11.7 Å². The van der Waals surface area contributed by atoms with Crippen LogP contribution in [0.2, 0.25) is 0 Å². The minimum absolute atomic E-state index is 0.606. The molecule has 9 rings (SSSR count). The fraction of sp³-hybridized carbons (Fsp3) is 0.150. The quantitative estimate of drug-likeness (QED) is 0.196. The summed E-state index contributed by atoms with van der Waals surface area (Å²) in [6.07, 6.45) is 3.79. The molecule has 4 aliphatic rings. The number of aryl methyl sites for hydroxylation is 1. The largest absolute Gasteiger partial charge is 0.416 e. The molecule has 3 heteroatoms. The molecule has 0 radical (unpaired) electrons. The SMILES string of the molecule is Cc1ccc(C2=Cc3cc4c(cc3C2)-c2cc3c(cc2C4)-c2cc4c(cc2C3)C=C(c2ccc(C(F)(F)F)cc2)C4)cc1. The summed E-state index contributed by atoms with van der Waals surface area (Å²) in [6.45, 7) is 2.13. The summed E-state index contributed by atoms with van der Waals surface area (Å²) in [4.78, 5) is 0. The van der Waals surface area contributed by atoms with Gasteiger partial charge >= 0.3 is 6.18 Å². The number of rotatable bonds is 2. The number of benzene rings is 5. The minimum atomic E-state index is -4.32. The van der Waals surface area contributed by atoms with Crippen molar-refractivity contribution in [2.24, 2.45) is 0 Å². The molecule has 0 fully saturated rings. The van der Waals surface area contributed by atoms with Crippen LogP contribution in [0.15, 0.2) is 84.9 Å². The van der Waals surface area contributed by atoms with E-state index >= 15 is 0 Å². The standard InChI is InChI=1S/C40H27F3/c1-22-2-4-23(5-3-22)25-10-27-14-31-16-33-21-39-34(20-38(33)36(31)18-29(27)12-25)17-32-15-28-11-26(13-30(28)19-37(32)39)24-6-8-35(9-7-24)40(41,42)43/h2-11,14-15,18-21H,12-13,16-17H2,1H3. The molecule has 0 amide bonds. The van der Waals surface area contributed by atoms with Crippen molar-refractivity contribution >= 4 is 23.3 Å². The van der Waals surface area contributed by atoms with Gasteiger partial charge in [-0.3, -0.25) is 0 Å². The van der Waals surface area contributed by atoms with Gasteiger partial charge in [0.2, 0.25) is 0 Å². The predicted octanol–water partition coefficient (Wildman–Crippen LogP) is 10.3. The van der Waals surface area contributed by atoms with Gasteiger partial charge in [0.1, 0.15) is 0 Å². The number of alkyl halides is 3. The monoisotopic (exact) mass is 564 g/mol. The van der Waals surface area contributed by atoms with Gasteiger partial charge in [-0.15, -0.1) is 0 Å². The van der Waals surface area contributed by atoms with Crippen LogP contribution in [0.25, 0.3) is 45.6 Å². The van der Waals surface area contributed by atoms with E-state index in [1.165, 1.54) is 95.6 Å². The first-order chi connectivity index (χ1) is 20.8. The first kappa shape index (κ1) is 24.9. The zero-order chi connectivity index (χ0) is 29.0. The van der Waals surface area contributed by atoms with Crippen LogP contribution >= 0.6 is 0 Å². The number of hydrogen-bond acceptors (Lipinski definition) is 0. The second kappa shape index (κ2) is 8.70. The Morgan fingerprint density at radius 1 is 0.465 bits per heavy atom. The van der Waals surface area contributed by atoms with Crippen molar-refractivity contribution in [1.29, 1.82) is 0 Å². The summed E-state index contributed by atoms with van der Waals surface area (Å²) < 4.78 is 39.1. The Labute approximate surface area is 248 Å². The molecular weight excluding hydrogens is 537 g/mol. The van der Waals surface area contributed by atoms with Crippen LogP contribution in [-0.4, -0.2) is 0 Å². The summed E-state index contributed by atoms with van der Waals surface area (Å²) in [5, 5.41) is 0. The lowest BCUT2D eigenvalue weighted by molar-refractivity contribution is -0.137. The number of allylic oxidation sites excluding steroid dienone is 2. The van der Waals surface area contributed by atoms with Crippen molar-refractivity contribution in [2.45, 2.75) is 38.8 Å². The lowest BCUT2D eigenvalue weighted by atomic mass is 9.95. The Morgan fingerprint density at radius 2 is 0.860 bits per heavy atom. The maximum absolute atomic E-state index is 13.0. The predicted molar refractivity (Wildman–Crippen MR) is 169 cm³/mol. The van der Waals surface area contributed by atoms with Crippen molar-refractivity contribution in [3.63, 3.8) is 0 Å². The average molecular weight is 565 g/mol. The highest BCUT2D eigenvalue weighted by molar-refractivity contribution is 5.94. The van der Waals surface area contributed by atoms with Gasteiger partial charge in [-0.05, 0) is 158 Å². The molecule has 0 aromatic heterocycles. The van der Waals surface area contributed by atoms with Crippen LogP contribution in [0.5, 0.6) is 0 Å². The van der Waals surface area contributed by atoms with Gasteiger partial charge in [0, 0.05) is 0 Å². The highest BCUT2D eigenvalue weighted by Crippen LogP contribution is 2.48. The smallest absolute Gasteiger partial charge is 0.166 e. The second-order valence-electron chi connectivity index (χ2n) is 12.6. The van der Waals surface area contributed by atoms with Crippen molar-refractivity contribution in [3.05, 3.63) is 152 Å². The minimum Gasteiger partial charge on any atom is -0.166 e. The first-order valence-electron chi connectivity index (χ1n) is 14.9. The van der Waals surface area contributed by atoms with Crippen molar-refractivity contribution < 1.29 is 13.2 Å². The fourth-order valence-corrected chi connectivity index (χ4v) is 7.58. The van der Waals surface area contributed by atoms with E-state index in [1.807, 2.05) is 0 Å². The highest BCUT2D eigenvalue weighted by atomic mass is 19.4. The Kier molecular flexibility index (Phi) is 5.04. The van der Waals surface area contributed by atoms with Crippen molar-refractivity contribution in [1.82, 2.24) is 0 Å². The van der Waals surface area contributed by atoms with E-state index in [1.54, 1.807) is 12.1 Å². The average Bonchev–Trinajstić information content (AvgIpc) is 3.75. The molecule has 4 aliphatic carbocycles. The molecule has 0 unspecified atom stereocenters. The first-order valence-corrected chi connectivity index (χ1v) is 14.9. The van der Waals surface area contributed by atoms with Crippen LogP contribution in [0.1, 0.15) is 66.8 Å². The van der Waals surface area contributed by atoms with E-state index in [0.717, 1.165) is 36.8 Å². The van der Waals surface area contributed by atoms with E-state index in [4.69, 9.17) is 0 Å². The molecule has 0 saturated carbocycles. The molecule has 0 N–H and O–H groups in total. The van der Waals surface area contributed by atoms with Gasteiger partial charge in [0.15, 0.2) is 0 Å². The third-order valence-electron chi connectivity index (χ3n) is 9.83. The van der Waals surface area contributed by atoms with E-state index in [0.29, 0.717) is 0 Å². The topological polar surface area (TPSA) is 0 Å². The Balaban J connectivity index is 1.00. The highest BCUT2D eigenvalue weighted by Gasteiger charge is 2.31. The van der Waals surface area contributed by atoms with Crippen LogP contribution in [0, 0.1) is 6.92 Å². The lowest BCUT2D eigenvalue weighted by Gasteiger charge is -2.09. The van der Waals surface area contributed by atoms with Crippen LogP contribution in [0.4, 0.5) is 13.2 Å². The molecule has 5 aromatic rings. The fourth-order valence-electron chi connectivity index (χ4n) is 7.58. The summed E-state index contributed by atoms with van der Waals surface area (Å²) >= 11 is 0. The van der Waals surface area contributed by atoms with Crippen molar-refractivity contribution in [2.75, 3.05) is 0 Å². The Hall–Kier alpha value is -4.63. The van der Waals surface area contributed by atoms with Gasteiger partial charge in [-0.25, -0.2) is 0 Å². The van der Waals surface area contributed by atoms with Crippen LogP contribution in [0.3, 0.4) is 0 Å². The van der Waals surface area contributed by atoms with Crippen LogP contribution < -0.4 is 0 Å². The zero-order valence-electron chi connectivity index (χ0n) is 23.7. The molecule has 0 aliphatic heterocycles. The maximum Gasteiger partial charge on any atom is 0.416 e. The molecule has 43 heavy (non-hydrogen) atoms. The van der Waals surface area contributed by atoms with Gasteiger partial charge in [0.05, 0.1) is 5.56 Å². The Morgan fingerprint density at radius 3 is 1.30 bits per heavy atom. The number of hydrogen-bond donors (Lipinski definition) is 0. The summed E-state index contributed by atoms with van der Waals surface area (Å²) in [6, 6.07) is 28.7. The number of halogens is 3. The summed E-state index contributed by atoms with van der Waals surface area (Å²) in [7, 11) is 0. The zero-order valence-corrected chi connectivity index (χ0v) is 23.7. The lowest BCUT2D eigenvalue weighted by Crippen LogP contribution is -2.04. The molecule has 0 nitrogen and oxygen atoms in total. The molecule has 208 valence electrons. The second-order valence-corrected chi connectivity index (χ2v) is 12.6. The van der Waals surface area contributed by atoms with Gasteiger partial charge in [-0.2, -0.15) is 13.2 Å². The molecule has 5 aromatic carbocycles. The van der Waals surface area contributed by atoms with E-state index in [9.17, 15) is 13.2 Å². The molecule has 0 saturated heterocycles. The molecule has 0 atom stereocenters. The third kappa shape index (κ3) is 3.91. The summed E-state index contributed by atoms with van der Waals surface area (Å²) in [5.41, 5.74) is 21.5. The number of fused-ring (bicyclic) bond motifs is 8. The van der Waals surface area contributed by atoms with Gasteiger partial charge in [0.25, 0.3) is 0 Å². The van der Waals surface area contributed by atoms with E-state index in [-0.39, 0.29) is 0 Å². The summed E-state index contributed by atoms with van der Waals surface area (Å²) in [5.74, 6) is 0. The van der Waals surface area contributed by atoms with Crippen molar-refractivity contribution in [3.8, 4) is 22.3 Å². The molecule has 0 bridgehead atoms. The van der Waals surface area contributed by atoms with Gasteiger partial charge < -0.3 is 0 Å². The molecular formula is C40H27F3. The maximum atomic E-state index is 13.0. The Bertz CT molecular complexity index is 2080.